The van der Waals surface area contributed by atoms with E-state index in [-0.39, 0.29) is 56.9 Å². The molecule has 0 radical (unpaired) electrons. The van der Waals surface area contributed by atoms with Gasteiger partial charge >= 0.3 is 5.97 Å². The van der Waals surface area contributed by atoms with Gasteiger partial charge in [-0.3, -0.25) is 14.4 Å². The molecule has 0 unspecified atom stereocenters. The summed E-state index contributed by atoms with van der Waals surface area (Å²) in [6.45, 7) is 12.9. The van der Waals surface area contributed by atoms with Crippen molar-refractivity contribution < 1.29 is 53.1 Å². The first-order valence-electron chi connectivity index (χ1n) is 19.4. The van der Waals surface area contributed by atoms with Crippen LogP contribution in [0.3, 0.4) is 0 Å². The minimum atomic E-state index is -1.83. The lowest BCUT2D eigenvalue weighted by atomic mass is 9.76. The number of rotatable bonds is 7. The second kappa shape index (κ2) is 19.2. The number of Topliss-reactive ketones (excluding diaryl/α,β-unsaturated/α-hetero) is 1. The molecule has 2 N–H and O–H groups in total. The second-order valence-corrected chi connectivity index (χ2v) is 16.2. The van der Waals surface area contributed by atoms with Crippen molar-refractivity contribution in [1.82, 2.24) is 4.90 Å². The van der Waals surface area contributed by atoms with Gasteiger partial charge in [0.2, 0.25) is 5.91 Å². The molecule has 0 saturated carbocycles. The maximum Gasteiger partial charge on any atom is 0.316 e. The fourth-order valence-electron chi connectivity index (χ4n) is 7.89. The fraction of sp³-hybridized carbons (Fsp3) is 0.707. The molecule has 56 heavy (non-hydrogen) atoms. The maximum absolute atomic E-state index is 14.4. The van der Waals surface area contributed by atoms with Crippen LogP contribution in [0.2, 0.25) is 0 Å². The molecule has 3 aliphatic heterocycles. The van der Waals surface area contributed by atoms with E-state index in [0.717, 1.165) is 5.56 Å². The molecule has 3 aliphatic rings. The summed E-state index contributed by atoms with van der Waals surface area (Å²) in [5.74, 6) is -4.59. The first kappa shape index (κ1) is 45.1. The van der Waals surface area contributed by atoms with Crippen LogP contribution in [0.5, 0.6) is 0 Å². The van der Waals surface area contributed by atoms with Gasteiger partial charge < -0.3 is 43.6 Å². The fourth-order valence-corrected chi connectivity index (χ4v) is 7.89. The number of ketones is 1. The first-order valence-corrected chi connectivity index (χ1v) is 19.4. The van der Waals surface area contributed by atoms with Crippen LogP contribution in [-0.2, 0) is 49.5 Å². The maximum atomic E-state index is 14.4. The summed E-state index contributed by atoms with van der Waals surface area (Å²) < 4.78 is 32.1. The van der Waals surface area contributed by atoms with E-state index in [0.29, 0.717) is 17.7 Å². The zero-order chi connectivity index (χ0) is 41.5. The van der Waals surface area contributed by atoms with Gasteiger partial charge in [0.25, 0.3) is 0 Å². The SMILES string of the molecule is CC[C@@H]1OC(=O)[C@H](C)C(=O)[C@H](C)[C@@H](O[C@@H]2O[C@H](C)C[C@H](N(C)C)[C@H]2O)[C@@]2(C)C[C@@H](C)C(=NC(C)=O)C[C@H](OC/C(=N/OCc3ccc(C#N)cc3)CO2)[C@]1(C)O. The van der Waals surface area contributed by atoms with Crippen molar-refractivity contribution in [3.8, 4) is 6.07 Å². The molecule has 0 aromatic heterocycles. The lowest BCUT2D eigenvalue weighted by Crippen LogP contribution is -2.59. The van der Waals surface area contributed by atoms with Gasteiger partial charge in [-0.1, -0.05) is 38.1 Å². The third-order valence-electron chi connectivity index (χ3n) is 11.3. The average Bonchev–Trinajstić information content (AvgIpc) is 3.16. The standard InChI is InChI=1S/C41H60N4O11/c1-11-33-41(8,50)34-17-31(43-27(6)46)23(2)18-40(7,52-22-30(21-51-34)44-53-20-29-14-12-28(19-42)13-15-29)37(25(4)35(47)26(5)38(49)55-33)56-39-36(48)32(45(9)10)16-24(3)54-39/h12-15,23-26,32-34,36-37,39,48,50H,11,16-18,20-22H2,1-10H3/b43-31?,44-30-/t23-,24-,25+,26-,32+,33+,34+,36-,37-,39+,40-,41-/m1/s1. The topological polar surface area (TPSA) is 199 Å². The largest absolute Gasteiger partial charge is 0.459 e. The number of oxime groups is 1. The highest BCUT2D eigenvalue weighted by atomic mass is 16.7. The van der Waals surface area contributed by atoms with E-state index in [1.807, 2.05) is 32.8 Å². The van der Waals surface area contributed by atoms with Crippen LogP contribution in [0.15, 0.2) is 34.4 Å². The number of nitriles is 1. The van der Waals surface area contributed by atoms with Gasteiger partial charge in [-0.05, 0) is 84.7 Å². The van der Waals surface area contributed by atoms with Gasteiger partial charge in [-0.2, -0.15) is 5.26 Å². The number of carbonyl (C=O) groups excluding carboxylic acids is 3. The Morgan fingerprint density at radius 1 is 1.11 bits per heavy atom. The molecule has 15 heteroatoms. The molecule has 1 aromatic rings. The van der Waals surface area contributed by atoms with Crippen molar-refractivity contribution in [3.05, 3.63) is 35.4 Å². The summed E-state index contributed by atoms with van der Waals surface area (Å²) in [6, 6.07) is 8.61. The Morgan fingerprint density at radius 3 is 2.39 bits per heavy atom. The molecule has 1 amide bonds. The first-order chi connectivity index (χ1) is 26.3. The van der Waals surface area contributed by atoms with Crippen LogP contribution in [0.25, 0.3) is 0 Å². The summed E-state index contributed by atoms with van der Waals surface area (Å²) in [5.41, 5.74) is -1.28. The van der Waals surface area contributed by atoms with Crippen LogP contribution >= 0.6 is 0 Å². The van der Waals surface area contributed by atoms with E-state index in [1.165, 1.54) is 20.8 Å². The Bertz CT molecular complexity index is 1640. The molecule has 310 valence electrons. The number of ether oxygens (including phenoxy) is 5. The van der Waals surface area contributed by atoms with Crippen molar-refractivity contribution in [2.24, 2.45) is 27.9 Å². The molecule has 15 nitrogen and oxygen atoms in total. The molecule has 0 spiro atoms. The minimum absolute atomic E-state index is 0.0285. The van der Waals surface area contributed by atoms with E-state index >= 15 is 0 Å². The highest BCUT2D eigenvalue weighted by molar-refractivity contribution is 6.00. The summed E-state index contributed by atoms with van der Waals surface area (Å²) >= 11 is 0. The van der Waals surface area contributed by atoms with E-state index in [2.05, 4.69) is 16.2 Å². The van der Waals surface area contributed by atoms with Gasteiger partial charge in [0, 0.05) is 31.0 Å². The molecule has 2 bridgehead atoms. The van der Waals surface area contributed by atoms with Gasteiger partial charge in [0.15, 0.2) is 12.1 Å². The number of hydrogen-bond acceptors (Lipinski definition) is 14. The number of likely N-dealkylation sites (N-methyl/N-ethyl adjacent to an activating group) is 1. The van der Waals surface area contributed by atoms with Crippen LogP contribution < -0.4 is 0 Å². The van der Waals surface area contributed by atoms with E-state index in [9.17, 15) is 29.9 Å². The lowest BCUT2D eigenvalue weighted by molar-refractivity contribution is -0.296. The Labute approximate surface area is 330 Å². The number of fused-ring (bicyclic) bond motifs is 5. The average molecular weight is 785 g/mol. The van der Waals surface area contributed by atoms with Crippen molar-refractivity contribution in [3.63, 3.8) is 0 Å². The second-order valence-electron chi connectivity index (χ2n) is 16.2. The predicted octanol–water partition coefficient (Wildman–Crippen LogP) is 3.75. The molecule has 3 fully saturated rings. The number of carbonyl (C=O) groups is 3. The summed E-state index contributed by atoms with van der Waals surface area (Å²) in [5, 5.41) is 37.4. The molecule has 4 rings (SSSR count). The quantitative estimate of drug-likeness (QED) is 0.231. The number of aliphatic hydroxyl groups is 2. The monoisotopic (exact) mass is 784 g/mol. The highest BCUT2D eigenvalue weighted by Crippen LogP contribution is 2.39. The smallest absolute Gasteiger partial charge is 0.316 e. The van der Waals surface area contributed by atoms with Gasteiger partial charge in [0.1, 0.15) is 36.0 Å². The third kappa shape index (κ3) is 10.9. The number of hydrogen-bond donors (Lipinski definition) is 2. The number of aliphatic imine (C=N–C) groups is 1. The molecule has 0 aliphatic carbocycles. The minimum Gasteiger partial charge on any atom is -0.459 e. The van der Waals surface area contributed by atoms with Crippen molar-refractivity contribution in [1.29, 1.82) is 5.26 Å². The van der Waals surface area contributed by atoms with Gasteiger partial charge in [-0.15, -0.1) is 0 Å². The van der Waals surface area contributed by atoms with E-state index in [1.54, 1.807) is 45.0 Å². The number of esters is 1. The van der Waals surface area contributed by atoms with Gasteiger partial charge in [-0.25, -0.2) is 4.99 Å². The number of aliphatic hydroxyl groups excluding tert-OH is 1. The van der Waals surface area contributed by atoms with Crippen LogP contribution in [-0.4, -0.2) is 126 Å². The highest BCUT2D eigenvalue weighted by Gasteiger charge is 2.51. The lowest BCUT2D eigenvalue weighted by Gasteiger charge is -2.47. The number of amides is 1. The summed E-state index contributed by atoms with van der Waals surface area (Å²) in [7, 11) is 3.72. The summed E-state index contributed by atoms with van der Waals surface area (Å²) in [6.07, 6.45) is -5.09. The Balaban J connectivity index is 1.89. The summed E-state index contributed by atoms with van der Waals surface area (Å²) in [4.78, 5) is 52.8. The van der Waals surface area contributed by atoms with Crippen molar-refractivity contribution in [2.45, 2.75) is 142 Å². The Hall–Kier alpha value is -3.62. The van der Waals surface area contributed by atoms with Gasteiger partial charge in [0.05, 0.1) is 48.8 Å². The predicted molar refractivity (Wildman–Crippen MR) is 205 cm³/mol. The van der Waals surface area contributed by atoms with Crippen LogP contribution in [0.4, 0.5) is 0 Å². The normalized spacial score (nSPS) is 37.9. The molecule has 3 saturated heterocycles. The zero-order valence-electron chi connectivity index (χ0n) is 34.4. The Morgan fingerprint density at radius 2 is 1.79 bits per heavy atom. The van der Waals surface area contributed by atoms with E-state index < -0.39 is 77.3 Å². The molecule has 1 aromatic carbocycles. The number of nitrogens with zero attached hydrogens (tertiary/aromatic N) is 4. The van der Waals surface area contributed by atoms with Crippen LogP contribution in [0, 0.1) is 29.1 Å². The zero-order valence-corrected chi connectivity index (χ0v) is 34.4. The third-order valence-corrected chi connectivity index (χ3v) is 11.3. The molecular weight excluding hydrogens is 724 g/mol. The molecule has 3 heterocycles. The molecule has 12 atom stereocenters. The number of benzene rings is 1. The number of cyclic esters (lactones) is 1. The Kier molecular flexibility index (Phi) is 15.5. The molecular formula is C41H60N4O11. The van der Waals surface area contributed by atoms with E-state index in [4.69, 9.17) is 28.5 Å². The van der Waals surface area contributed by atoms with Crippen LogP contribution in [0.1, 0.15) is 92.2 Å². The van der Waals surface area contributed by atoms with Crippen molar-refractivity contribution >= 4 is 29.1 Å². The van der Waals surface area contributed by atoms with Crippen molar-refractivity contribution in [2.75, 3.05) is 27.3 Å².